The van der Waals surface area contributed by atoms with Gasteiger partial charge in [0.2, 0.25) is 10.0 Å². The Morgan fingerprint density at radius 1 is 1.09 bits per heavy atom. The molecule has 2 aliphatic rings. The molecule has 0 radical (unpaired) electrons. The predicted molar refractivity (Wildman–Crippen MR) is 127 cm³/mol. The Balaban J connectivity index is 2.04. The van der Waals surface area contributed by atoms with Crippen LogP contribution < -0.4 is 4.90 Å². The van der Waals surface area contributed by atoms with E-state index in [0.717, 1.165) is 9.21 Å². The van der Waals surface area contributed by atoms with Gasteiger partial charge in [-0.1, -0.05) is 30.3 Å². The zero-order valence-corrected chi connectivity index (χ0v) is 20.5. The number of hydrogen-bond acceptors (Lipinski definition) is 7. The number of anilines is 1. The molecule has 0 aromatic heterocycles. The highest BCUT2D eigenvalue weighted by atomic mass is 32.2. The van der Waals surface area contributed by atoms with Crippen LogP contribution in [0.2, 0.25) is 0 Å². The van der Waals surface area contributed by atoms with Crippen molar-refractivity contribution in [2.75, 3.05) is 46.3 Å². The summed E-state index contributed by atoms with van der Waals surface area (Å²) in [7, 11) is 1.83. The summed E-state index contributed by atoms with van der Waals surface area (Å²) in [6.07, 6.45) is 0. The van der Waals surface area contributed by atoms with E-state index in [1.165, 1.54) is 57.4 Å². The molecule has 4 rings (SSSR count). The predicted octanol–water partition coefficient (Wildman–Crippen LogP) is 1.14. The second-order valence-electron chi connectivity index (χ2n) is 8.41. The average molecular weight is 500 g/mol. The number of Topliss-reactive ketones (excluding diaryl/α,β-unsaturated/α-hetero) is 1. The van der Waals surface area contributed by atoms with Crippen molar-refractivity contribution < 1.29 is 32.6 Å². The highest BCUT2D eigenvalue weighted by Crippen LogP contribution is 2.53. The molecule has 184 valence electrons. The van der Waals surface area contributed by atoms with Gasteiger partial charge in [0.1, 0.15) is 5.76 Å². The zero-order chi connectivity index (χ0) is 25.7. The van der Waals surface area contributed by atoms with E-state index in [9.17, 15) is 27.9 Å². The van der Waals surface area contributed by atoms with E-state index in [1.807, 2.05) is 0 Å². The quantitative estimate of drug-likeness (QED) is 0.359. The Kier molecular flexibility index (Phi) is 6.04. The Morgan fingerprint density at radius 2 is 1.77 bits per heavy atom. The van der Waals surface area contributed by atoms with Crippen molar-refractivity contribution in [1.82, 2.24) is 9.21 Å². The molecule has 2 aromatic carbocycles. The van der Waals surface area contributed by atoms with Gasteiger partial charge in [-0.2, -0.15) is 0 Å². The number of nitrogens with zero attached hydrogens (tertiary/aromatic N) is 3. The molecule has 35 heavy (non-hydrogen) atoms. The summed E-state index contributed by atoms with van der Waals surface area (Å²) in [6, 6.07) is 12.1. The normalized spacial score (nSPS) is 21.5. The minimum Gasteiger partial charge on any atom is -0.507 e. The van der Waals surface area contributed by atoms with Crippen LogP contribution in [0.25, 0.3) is 5.76 Å². The lowest BCUT2D eigenvalue weighted by Gasteiger charge is -2.34. The van der Waals surface area contributed by atoms with Gasteiger partial charge in [0, 0.05) is 51.6 Å². The lowest BCUT2D eigenvalue weighted by Crippen LogP contribution is -2.52. The number of methoxy groups -OCH3 is 1. The van der Waals surface area contributed by atoms with Crippen LogP contribution in [0.4, 0.5) is 5.69 Å². The second-order valence-corrected chi connectivity index (χ2v) is 10.6. The number of rotatable bonds is 6. The van der Waals surface area contributed by atoms with Gasteiger partial charge >= 0.3 is 0 Å². The lowest BCUT2D eigenvalue weighted by molar-refractivity contribution is -0.144. The number of hydrogen-bond donors (Lipinski definition) is 1. The van der Waals surface area contributed by atoms with Gasteiger partial charge in [0.25, 0.3) is 17.6 Å². The van der Waals surface area contributed by atoms with Gasteiger partial charge in [0.15, 0.2) is 5.54 Å². The summed E-state index contributed by atoms with van der Waals surface area (Å²) in [4.78, 5) is 42.7. The number of benzene rings is 2. The number of likely N-dealkylation sites (tertiary alicyclic amines) is 1. The molecule has 2 heterocycles. The number of carbonyl (C=O) groups is 3. The fraction of sp³-hybridized carbons (Fsp3) is 0.292. The van der Waals surface area contributed by atoms with Gasteiger partial charge in [-0.15, -0.1) is 0 Å². The summed E-state index contributed by atoms with van der Waals surface area (Å²) in [5.74, 6) is -3.23. The van der Waals surface area contributed by atoms with Crippen LogP contribution >= 0.6 is 0 Å². The SMILES string of the molecule is COCCN1C(=O)C(=O)C(=C(O)c2cccc(S(=O)(=O)N(C)C)c2)C12C(=O)N(C)c1ccccc12. The molecule has 1 atom stereocenters. The number of fused-ring (bicyclic) bond motifs is 2. The first kappa shape index (κ1) is 24.6. The number of aliphatic hydroxyl groups is 1. The molecular weight excluding hydrogens is 474 g/mol. The average Bonchev–Trinajstić information content (AvgIpc) is 3.20. The highest BCUT2D eigenvalue weighted by molar-refractivity contribution is 7.89. The molecule has 11 heteroatoms. The number of likely N-dealkylation sites (N-methyl/N-ethyl adjacent to an activating group) is 1. The Bertz CT molecular complexity index is 1380. The molecule has 0 aliphatic carbocycles. The summed E-state index contributed by atoms with van der Waals surface area (Å²) in [5.41, 5.74) is -1.51. The summed E-state index contributed by atoms with van der Waals surface area (Å²) in [5, 5.41) is 11.4. The maximum atomic E-state index is 13.8. The molecule has 1 spiro atoms. The Morgan fingerprint density at radius 3 is 2.43 bits per heavy atom. The number of aliphatic hydroxyl groups excluding tert-OH is 1. The van der Waals surface area contributed by atoms with Crippen molar-refractivity contribution in [2.45, 2.75) is 10.4 Å². The second kappa shape index (κ2) is 8.59. The standard InChI is InChI=1S/C24H25N3O7S/c1-25(2)35(32,33)16-9-7-8-15(14-16)20(28)19-21(29)22(30)27(12-13-34-4)24(19)17-10-5-6-11-18(17)26(3)23(24)31/h5-11,14,28H,12-13H2,1-4H3. The molecule has 10 nitrogen and oxygen atoms in total. The van der Waals surface area contributed by atoms with E-state index in [-0.39, 0.29) is 23.6 Å². The van der Waals surface area contributed by atoms with E-state index in [1.54, 1.807) is 24.3 Å². The Hall–Kier alpha value is -3.54. The zero-order valence-electron chi connectivity index (χ0n) is 19.7. The monoisotopic (exact) mass is 499 g/mol. The highest BCUT2D eigenvalue weighted by Gasteiger charge is 2.66. The van der Waals surface area contributed by atoms with E-state index >= 15 is 0 Å². The molecular formula is C24H25N3O7S. The number of ketones is 1. The van der Waals surface area contributed by atoms with Crippen LogP contribution in [0.5, 0.6) is 0 Å². The van der Waals surface area contributed by atoms with E-state index in [0.29, 0.717) is 11.3 Å². The molecule has 1 saturated heterocycles. The largest absolute Gasteiger partial charge is 0.507 e. The van der Waals surface area contributed by atoms with Crippen LogP contribution in [0, 0.1) is 0 Å². The van der Waals surface area contributed by atoms with Gasteiger partial charge in [-0.25, -0.2) is 12.7 Å². The first-order valence-corrected chi connectivity index (χ1v) is 12.1. The first-order valence-electron chi connectivity index (χ1n) is 10.7. The third-order valence-electron chi connectivity index (χ3n) is 6.34. The van der Waals surface area contributed by atoms with Gasteiger partial charge in [-0.3, -0.25) is 14.4 Å². The molecule has 2 aromatic rings. The number of ether oxygens (including phenoxy) is 1. The molecule has 1 fully saturated rings. The van der Waals surface area contributed by atoms with Gasteiger partial charge in [-0.05, 0) is 18.2 Å². The minimum atomic E-state index is -3.85. The fourth-order valence-corrected chi connectivity index (χ4v) is 5.56. The minimum absolute atomic E-state index is 0.0168. The maximum Gasteiger partial charge on any atom is 0.296 e. The van der Waals surface area contributed by atoms with Gasteiger partial charge < -0.3 is 19.6 Å². The van der Waals surface area contributed by atoms with Crippen LogP contribution in [-0.2, 0) is 34.7 Å². The fourth-order valence-electron chi connectivity index (χ4n) is 4.61. The van der Waals surface area contributed by atoms with Crippen molar-refractivity contribution >= 4 is 39.1 Å². The smallest absolute Gasteiger partial charge is 0.296 e. The molecule has 2 amide bonds. The van der Waals surface area contributed by atoms with Crippen LogP contribution in [-0.4, -0.2) is 81.7 Å². The molecule has 0 bridgehead atoms. The lowest BCUT2D eigenvalue weighted by atomic mass is 9.82. The van der Waals surface area contributed by atoms with Crippen molar-refractivity contribution in [1.29, 1.82) is 0 Å². The van der Waals surface area contributed by atoms with E-state index in [2.05, 4.69) is 0 Å². The number of amides is 2. The first-order chi connectivity index (χ1) is 16.5. The molecule has 2 aliphatic heterocycles. The van der Waals surface area contributed by atoms with Crippen molar-refractivity contribution in [2.24, 2.45) is 0 Å². The summed E-state index contributed by atoms with van der Waals surface area (Å²) < 4.78 is 31.4. The van der Waals surface area contributed by atoms with E-state index in [4.69, 9.17) is 4.74 Å². The molecule has 1 N–H and O–H groups in total. The topological polar surface area (TPSA) is 125 Å². The summed E-state index contributed by atoms with van der Waals surface area (Å²) >= 11 is 0. The third-order valence-corrected chi connectivity index (χ3v) is 8.16. The van der Waals surface area contributed by atoms with Crippen LogP contribution in [0.15, 0.2) is 59.0 Å². The number of para-hydroxylation sites is 1. The van der Waals surface area contributed by atoms with Crippen molar-refractivity contribution in [3.63, 3.8) is 0 Å². The Labute approximate surface area is 203 Å². The van der Waals surface area contributed by atoms with Gasteiger partial charge in [0.05, 0.1) is 17.1 Å². The maximum absolute atomic E-state index is 13.8. The van der Waals surface area contributed by atoms with Crippen molar-refractivity contribution in [3.8, 4) is 0 Å². The third kappa shape index (κ3) is 3.38. The number of carbonyl (C=O) groups excluding carboxylic acids is 3. The van der Waals surface area contributed by atoms with Crippen LogP contribution in [0.3, 0.4) is 0 Å². The summed E-state index contributed by atoms with van der Waals surface area (Å²) in [6.45, 7) is -0.0364. The van der Waals surface area contributed by atoms with Crippen LogP contribution in [0.1, 0.15) is 11.1 Å². The number of sulfonamides is 1. The molecule has 0 saturated carbocycles. The molecule has 1 unspecified atom stereocenters. The van der Waals surface area contributed by atoms with Crippen molar-refractivity contribution in [3.05, 3.63) is 65.2 Å². The van der Waals surface area contributed by atoms with E-state index < -0.39 is 44.5 Å².